The molecule has 1 aliphatic rings. The normalized spacial score (nSPS) is 16.0. The van der Waals surface area contributed by atoms with Crippen LogP contribution in [0, 0.1) is 5.92 Å². The highest BCUT2D eigenvalue weighted by atomic mass is 16.3. The molecule has 1 saturated heterocycles. The molecule has 0 aromatic carbocycles. The molecule has 0 unspecified atom stereocenters. The van der Waals surface area contributed by atoms with Gasteiger partial charge in [-0.2, -0.15) is 0 Å². The number of rotatable bonds is 4. The van der Waals surface area contributed by atoms with Crippen molar-refractivity contribution in [3.63, 3.8) is 0 Å². The number of anilines is 1. The summed E-state index contributed by atoms with van der Waals surface area (Å²) < 4.78 is 0. The molecular weight excluding hydrogens is 308 g/mol. The molecule has 126 valence electrons. The van der Waals surface area contributed by atoms with Gasteiger partial charge in [-0.25, -0.2) is 0 Å². The Bertz CT molecular complexity index is 752. The number of aromatic hydroxyl groups is 1. The highest BCUT2D eigenvalue weighted by Gasteiger charge is 2.25. The van der Waals surface area contributed by atoms with Gasteiger partial charge in [-0.3, -0.25) is 19.5 Å². The van der Waals surface area contributed by atoms with E-state index in [1.807, 2.05) is 0 Å². The van der Waals surface area contributed by atoms with Crippen LogP contribution in [0.25, 0.3) is 0 Å². The first-order valence-corrected chi connectivity index (χ1v) is 7.95. The van der Waals surface area contributed by atoms with Crippen molar-refractivity contribution in [1.29, 1.82) is 0 Å². The van der Waals surface area contributed by atoms with Gasteiger partial charge in [0.1, 0.15) is 0 Å². The highest BCUT2D eigenvalue weighted by molar-refractivity contribution is 5.92. The Kier molecular flexibility index (Phi) is 4.90. The third-order valence-electron chi connectivity index (χ3n) is 4.25. The summed E-state index contributed by atoms with van der Waals surface area (Å²) in [7, 11) is 0. The van der Waals surface area contributed by atoms with E-state index in [2.05, 4.69) is 20.2 Å². The maximum absolute atomic E-state index is 12.3. The lowest BCUT2D eigenvalue weighted by Crippen LogP contribution is -2.38. The molecule has 0 aliphatic carbocycles. The third-order valence-corrected chi connectivity index (χ3v) is 4.25. The molecule has 1 aliphatic heterocycles. The third kappa shape index (κ3) is 3.99. The van der Waals surface area contributed by atoms with Crippen LogP contribution in [0.1, 0.15) is 18.5 Å². The number of likely N-dealkylation sites (tertiary alicyclic amines) is 1. The second-order valence-electron chi connectivity index (χ2n) is 5.98. The van der Waals surface area contributed by atoms with E-state index < -0.39 is 0 Å². The monoisotopic (exact) mass is 328 g/mol. The van der Waals surface area contributed by atoms with E-state index in [0.717, 1.165) is 37.3 Å². The lowest BCUT2D eigenvalue weighted by Gasteiger charge is -2.31. The molecule has 0 saturated carbocycles. The van der Waals surface area contributed by atoms with Gasteiger partial charge in [-0.05, 0) is 38.1 Å². The minimum atomic E-state index is -0.379. The van der Waals surface area contributed by atoms with Crippen molar-refractivity contribution >= 4 is 11.6 Å². The number of amides is 1. The number of carbonyl (C=O) groups excluding carboxylic acids is 1. The predicted octanol–water partition coefficient (Wildman–Crippen LogP) is 1.33. The molecule has 0 atom stereocenters. The standard InChI is InChI=1S/C17H20N4O3/c22-15-9-14(19-10-16(15)23)11-21-7-3-12(4-8-21)17(24)20-13-1-5-18-6-2-13/h1-2,5-6,9-10,12,23H,3-4,7-8,11H2,(H,19,22)(H,18,20,24). The van der Waals surface area contributed by atoms with Gasteiger partial charge in [0.15, 0.2) is 5.75 Å². The van der Waals surface area contributed by atoms with Crippen LogP contribution in [0.2, 0.25) is 0 Å². The van der Waals surface area contributed by atoms with Gasteiger partial charge in [0, 0.05) is 48.5 Å². The fourth-order valence-electron chi connectivity index (χ4n) is 2.87. The molecule has 7 nitrogen and oxygen atoms in total. The van der Waals surface area contributed by atoms with Gasteiger partial charge in [0.25, 0.3) is 0 Å². The minimum Gasteiger partial charge on any atom is -0.503 e. The first-order valence-electron chi connectivity index (χ1n) is 7.95. The van der Waals surface area contributed by atoms with E-state index in [1.165, 1.54) is 12.3 Å². The van der Waals surface area contributed by atoms with Gasteiger partial charge in [-0.1, -0.05) is 0 Å². The predicted molar refractivity (Wildman–Crippen MR) is 89.6 cm³/mol. The van der Waals surface area contributed by atoms with Crippen LogP contribution < -0.4 is 10.7 Å². The van der Waals surface area contributed by atoms with E-state index in [1.54, 1.807) is 24.5 Å². The van der Waals surface area contributed by atoms with Gasteiger partial charge in [-0.15, -0.1) is 0 Å². The Morgan fingerprint density at radius 3 is 2.71 bits per heavy atom. The summed E-state index contributed by atoms with van der Waals surface area (Å²) >= 11 is 0. The van der Waals surface area contributed by atoms with Crippen LogP contribution in [0.5, 0.6) is 5.75 Å². The Hall–Kier alpha value is -2.67. The Morgan fingerprint density at radius 2 is 2.04 bits per heavy atom. The number of nitrogens with one attached hydrogen (secondary N) is 2. The Balaban J connectivity index is 1.51. The summed E-state index contributed by atoms with van der Waals surface area (Å²) in [5, 5.41) is 12.2. The molecule has 3 rings (SSSR count). The second-order valence-corrected chi connectivity index (χ2v) is 5.98. The summed E-state index contributed by atoms with van der Waals surface area (Å²) in [5.74, 6) is -0.239. The number of carbonyl (C=O) groups is 1. The van der Waals surface area contributed by atoms with Crippen molar-refractivity contribution in [3.05, 3.63) is 52.7 Å². The van der Waals surface area contributed by atoms with Crippen molar-refractivity contribution in [2.75, 3.05) is 18.4 Å². The molecular formula is C17H20N4O3. The smallest absolute Gasteiger partial charge is 0.227 e. The number of hydrogen-bond acceptors (Lipinski definition) is 5. The molecule has 24 heavy (non-hydrogen) atoms. The summed E-state index contributed by atoms with van der Waals surface area (Å²) in [4.78, 5) is 32.8. The van der Waals surface area contributed by atoms with Crippen LogP contribution in [0.3, 0.4) is 0 Å². The van der Waals surface area contributed by atoms with E-state index in [0.29, 0.717) is 6.54 Å². The van der Waals surface area contributed by atoms with Crippen molar-refractivity contribution < 1.29 is 9.90 Å². The molecule has 2 aromatic rings. The number of nitrogens with zero attached hydrogens (tertiary/aromatic N) is 2. The van der Waals surface area contributed by atoms with Gasteiger partial charge < -0.3 is 15.4 Å². The van der Waals surface area contributed by atoms with E-state index in [-0.39, 0.29) is 23.0 Å². The van der Waals surface area contributed by atoms with E-state index >= 15 is 0 Å². The molecule has 0 bridgehead atoms. The van der Waals surface area contributed by atoms with Crippen LogP contribution >= 0.6 is 0 Å². The van der Waals surface area contributed by atoms with Gasteiger partial charge in [0.05, 0.1) is 0 Å². The topological polar surface area (TPSA) is 98.3 Å². The van der Waals surface area contributed by atoms with E-state index in [9.17, 15) is 14.7 Å². The zero-order valence-corrected chi connectivity index (χ0v) is 13.2. The quantitative estimate of drug-likeness (QED) is 0.786. The molecule has 0 radical (unpaired) electrons. The second kappa shape index (κ2) is 7.27. The van der Waals surface area contributed by atoms with Crippen molar-refractivity contribution in [2.45, 2.75) is 19.4 Å². The zero-order chi connectivity index (χ0) is 16.9. The summed E-state index contributed by atoms with van der Waals surface area (Å²) in [6.45, 7) is 2.18. The fraction of sp³-hybridized carbons (Fsp3) is 0.353. The maximum Gasteiger partial charge on any atom is 0.227 e. The molecule has 3 N–H and O–H groups in total. The minimum absolute atomic E-state index is 0.00622. The average molecular weight is 328 g/mol. The van der Waals surface area contributed by atoms with Gasteiger partial charge in [0.2, 0.25) is 11.3 Å². The lowest BCUT2D eigenvalue weighted by molar-refractivity contribution is -0.121. The van der Waals surface area contributed by atoms with Gasteiger partial charge >= 0.3 is 0 Å². The van der Waals surface area contributed by atoms with Crippen LogP contribution in [-0.2, 0) is 11.3 Å². The number of H-pyrrole nitrogens is 1. The summed E-state index contributed by atoms with van der Waals surface area (Å²) in [5.41, 5.74) is 1.15. The largest absolute Gasteiger partial charge is 0.503 e. The first-order chi connectivity index (χ1) is 11.6. The number of pyridine rings is 2. The van der Waals surface area contributed by atoms with Crippen molar-refractivity contribution in [3.8, 4) is 5.75 Å². The number of hydrogen-bond donors (Lipinski definition) is 3. The fourth-order valence-corrected chi connectivity index (χ4v) is 2.87. The number of piperidine rings is 1. The highest BCUT2D eigenvalue weighted by Crippen LogP contribution is 2.20. The molecule has 3 heterocycles. The molecule has 1 fully saturated rings. The SMILES string of the molecule is O=C(Nc1ccncc1)C1CCN(Cc2cc(=O)c(O)c[nH]2)CC1. The molecule has 1 amide bonds. The molecule has 7 heteroatoms. The van der Waals surface area contributed by atoms with Crippen molar-refractivity contribution in [2.24, 2.45) is 5.92 Å². The lowest BCUT2D eigenvalue weighted by atomic mass is 9.95. The van der Waals surface area contributed by atoms with E-state index in [4.69, 9.17) is 0 Å². The Labute approximate surface area is 139 Å². The maximum atomic E-state index is 12.3. The summed E-state index contributed by atoms with van der Waals surface area (Å²) in [6.07, 6.45) is 6.17. The van der Waals surface area contributed by atoms with Crippen LogP contribution in [0.15, 0.2) is 41.6 Å². The molecule has 0 spiro atoms. The Morgan fingerprint density at radius 1 is 1.33 bits per heavy atom. The average Bonchev–Trinajstić information content (AvgIpc) is 2.60. The van der Waals surface area contributed by atoms with Crippen LogP contribution in [-0.4, -0.2) is 39.0 Å². The zero-order valence-electron chi connectivity index (χ0n) is 13.2. The number of aromatic nitrogens is 2. The van der Waals surface area contributed by atoms with Crippen LogP contribution in [0.4, 0.5) is 5.69 Å². The molecule has 2 aromatic heterocycles. The summed E-state index contributed by atoms with van der Waals surface area (Å²) in [6, 6.07) is 4.96. The van der Waals surface area contributed by atoms with Crippen molar-refractivity contribution in [1.82, 2.24) is 14.9 Å². The first kappa shape index (κ1) is 16.2. The number of aromatic amines is 1.